The number of thioether (sulfide) groups is 1. The van der Waals surface area contributed by atoms with Crippen LogP contribution in [0.2, 0.25) is 0 Å². The number of nitrogens with one attached hydrogen (secondary N) is 1. The van der Waals surface area contributed by atoms with Crippen molar-refractivity contribution in [2.24, 2.45) is 0 Å². The molecule has 2 atom stereocenters. The van der Waals surface area contributed by atoms with Gasteiger partial charge in [-0.1, -0.05) is 25.5 Å². The minimum absolute atomic E-state index is 0.0233. The quantitative estimate of drug-likeness (QED) is 0.724. The smallest absolute Gasteiger partial charge is 0.307 e. The molecule has 0 fully saturated rings. The molecule has 0 aliphatic heterocycles. The maximum Gasteiger partial charge on any atom is 0.307 e. The number of carbonyl (C=O) groups excluding carboxylic acids is 1. The molecule has 0 aliphatic carbocycles. The highest BCUT2D eigenvalue weighted by Crippen LogP contribution is 2.24. The van der Waals surface area contributed by atoms with Gasteiger partial charge in [0.2, 0.25) is 5.91 Å². The summed E-state index contributed by atoms with van der Waals surface area (Å²) in [5.41, 5.74) is 0.764. The molecule has 2 N–H and O–H groups in total. The molecule has 2 unspecified atom stereocenters. The summed E-state index contributed by atoms with van der Waals surface area (Å²) in [6.45, 7) is 5.99. The summed E-state index contributed by atoms with van der Waals surface area (Å²) in [7, 11) is 0. The largest absolute Gasteiger partial charge is 0.481 e. The molecule has 0 heterocycles. The molecule has 0 aromatic heterocycles. The van der Waals surface area contributed by atoms with E-state index in [1.807, 2.05) is 26.0 Å². The third-order valence-corrected chi connectivity index (χ3v) is 4.18. The Morgan fingerprint density at radius 2 is 1.86 bits per heavy atom. The van der Waals surface area contributed by atoms with Gasteiger partial charge in [0.15, 0.2) is 0 Å². The van der Waals surface area contributed by atoms with Crippen LogP contribution >= 0.6 is 11.8 Å². The Hall–Kier alpha value is -1.49. The van der Waals surface area contributed by atoms with E-state index in [9.17, 15) is 9.59 Å². The number of amides is 1. The second kappa shape index (κ2) is 8.72. The Bertz CT molecular complexity index is 473. The number of carbonyl (C=O) groups is 2. The fourth-order valence-corrected chi connectivity index (χ4v) is 2.86. The van der Waals surface area contributed by atoms with Crippen LogP contribution in [0.3, 0.4) is 0 Å². The normalized spacial score (nSPS) is 13.5. The van der Waals surface area contributed by atoms with Gasteiger partial charge in [0.1, 0.15) is 0 Å². The first-order valence-electron chi connectivity index (χ1n) is 7.20. The minimum Gasteiger partial charge on any atom is -0.481 e. The monoisotopic (exact) mass is 309 g/mol. The molecule has 21 heavy (non-hydrogen) atoms. The van der Waals surface area contributed by atoms with Crippen molar-refractivity contribution >= 4 is 23.6 Å². The Kier molecular flexibility index (Phi) is 7.29. The standard InChI is InChI=1S/C16H23NO3S/c1-4-5-11(2)17-16(20)12(3)21-14-8-6-13(7-9-14)10-15(18)19/h6-9,11-12H,4-5,10H2,1-3H3,(H,17,20)(H,18,19). The summed E-state index contributed by atoms with van der Waals surface area (Å²) in [4.78, 5) is 23.6. The molecule has 1 aromatic carbocycles. The molecule has 0 aliphatic rings. The number of aliphatic carboxylic acids is 1. The SMILES string of the molecule is CCCC(C)NC(=O)C(C)Sc1ccc(CC(=O)O)cc1. The highest BCUT2D eigenvalue weighted by atomic mass is 32.2. The van der Waals surface area contributed by atoms with Gasteiger partial charge in [0.25, 0.3) is 0 Å². The lowest BCUT2D eigenvalue weighted by atomic mass is 10.2. The van der Waals surface area contributed by atoms with Crippen LogP contribution in [-0.4, -0.2) is 28.3 Å². The predicted molar refractivity (Wildman–Crippen MR) is 85.6 cm³/mol. The zero-order valence-corrected chi connectivity index (χ0v) is 13.6. The van der Waals surface area contributed by atoms with Crippen LogP contribution in [0.4, 0.5) is 0 Å². The Labute approximate surface area is 130 Å². The van der Waals surface area contributed by atoms with Gasteiger partial charge >= 0.3 is 5.97 Å². The summed E-state index contributed by atoms with van der Waals surface area (Å²) in [6, 6.07) is 7.51. The number of hydrogen-bond acceptors (Lipinski definition) is 3. The molecule has 0 bridgehead atoms. The summed E-state index contributed by atoms with van der Waals surface area (Å²) in [5, 5.41) is 11.6. The maximum atomic E-state index is 12.0. The van der Waals surface area contributed by atoms with E-state index < -0.39 is 5.97 Å². The molecule has 4 nitrogen and oxygen atoms in total. The summed E-state index contributed by atoms with van der Waals surface area (Å²) < 4.78 is 0. The Morgan fingerprint density at radius 3 is 2.38 bits per heavy atom. The molecule has 0 radical (unpaired) electrons. The van der Waals surface area contributed by atoms with E-state index in [4.69, 9.17) is 5.11 Å². The van der Waals surface area contributed by atoms with Crippen molar-refractivity contribution in [1.82, 2.24) is 5.32 Å². The van der Waals surface area contributed by atoms with Crippen LogP contribution in [0.25, 0.3) is 0 Å². The van der Waals surface area contributed by atoms with Gasteiger partial charge in [-0.05, 0) is 38.0 Å². The topological polar surface area (TPSA) is 66.4 Å². The summed E-state index contributed by atoms with van der Waals surface area (Å²) in [6.07, 6.45) is 2.05. The van der Waals surface area contributed by atoms with Crippen LogP contribution in [-0.2, 0) is 16.0 Å². The molecular weight excluding hydrogens is 286 g/mol. The van der Waals surface area contributed by atoms with Gasteiger partial charge < -0.3 is 10.4 Å². The average Bonchev–Trinajstić information content (AvgIpc) is 2.40. The molecule has 1 rings (SSSR count). The summed E-state index contributed by atoms with van der Waals surface area (Å²) in [5.74, 6) is -0.802. The lowest BCUT2D eigenvalue weighted by Gasteiger charge is -2.16. The van der Waals surface area contributed by atoms with E-state index in [2.05, 4.69) is 12.2 Å². The van der Waals surface area contributed by atoms with Gasteiger partial charge in [-0.3, -0.25) is 9.59 Å². The Balaban J connectivity index is 2.52. The van der Waals surface area contributed by atoms with E-state index in [1.54, 1.807) is 12.1 Å². The number of hydrogen-bond donors (Lipinski definition) is 2. The molecule has 0 spiro atoms. The van der Waals surface area contributed by atoms with Crippen LogP contribution in [0, 0.1) is 0 Å². The molecule has 1 amide bonds. The highest BCUT2D eigenvalue weighted by Gasteiger charge is 2.16. The van der Waals surface area contributed by atoms with Gasteiger partial charge in [0, 0.05) is 10.9 Å². The van der Waals surface area contributed by atoms with Crippen molar-refractivity contribution in [3.8, 4) is 0 Å². The molecule has 1 aromatic rings. The molecule has 0 saturated carbocycles. The van der Waals surface area contributed by atoms with E-state index in [-0.39, 0.29) is 23.6 Å². The highest BCUT2D eigenvalue weighted by molar-refractivity contribution is 8.00. The lowest BCUT2D eigenvalue weighted by Crippen LogP contribution is -2.37. The van der Waals surface area contributed by atoms with E-state index in [0.29, 0.717) is 0 Å². The van der Waals surface area contributed by atoms with Crippen LogP contribution in [0.5, 0.6) is 0 Å². The number of carboxylic acids is 1. The number of rotatable bonds is 8. The number of carboxylic acid groups (broad SMARTS) is 1. The van der Waals surface area contributed by atoms with Crippen molar-refractivity contribution in [3.05, 3.63) is 29.8 Å². The Morgan fingerprint density at radius 1 is 1.24 bits per heavy atom. The maximum absolute atomic E-state index is 12.0. The second-order valence-corrected chi connectivity index (χ2v) is 6.59. The van der Waals surface area contributed by atoms with Crippen molar-refractivity contribution in [2.75, 3.05) is 0 Å². The molecular formula is C16H23NO3S. The zero-order valence-electron chi connectivity index (χ0n) is 12.8. The van der Waals surface area contributed by atoms with Gasteiger partial charge in [0.05, 0.1) is 11.7 Å². The van der Waals surface area contributed by atoms with Gasteiger partial charge in [-0.25, -0.2) is 0 Å². The first kappa shape index (κ1) is 17.6. The van der Waals surface area contributed by atoms with Crippen LogP contribution in [0.1, 0.15) is 39.2 Å². The van der Waals surface area contributed by atoms with Crippen molar-refractivity contribution in [2.45, 2.75) is 56.2 Å². The average molecular weight is 309 g/mol. The van der Waals surface area contributed by atoms with Crippen LogP contribution < -0.4 is 5.32 Å². The van der Waals surface area contributed by atoms with E-state index >= 15 is 0 Å². The lowest BCUT2D eigenvalue weighted by molar-refractivity contribution is -0.136. The third kappa shape index (κ3) is 6.67. The van der Waals surface area contributed by atoms with Crippen molar-refractivity contribution < 1.29 is 14.7 Å². The first-order chi connectivity index (χ1) is 9.92. The summed E-state index contributed by atoms with van der Waals surface area (Å²) >= 11 is 1.48. The van der Waals surface area contributed by atoms with Crippen molar-refractivity contribution in [3.63, 3.8) is 0 Å². The second-order valence-electron chi connectivity index (χ2n) is 5.17. The van der Waals surface area contributed by atoms with Crippen molar-refractivity contribution in [1.29, 1.82) is 0 Å². The third-order valence-electron chi connectivity index (χ3n) is 3.07. The van der Waals surface area contributed by atoms with Crippen LogP contribution in [0.15, 0.2) is 29.2 Å². The zero-order chi connectivity index (χ0) is 15.8. The fourth-order valence-electron chi connectivity index (χ4n) is 1.98. The molecule has 116 valence electrons. The molecule has 0 saturated heterocycles. The minimum atomic E-state index is -0.840. The predicted octanol–water partition coefficient (Wildman–Crippen LogP) is 3.10. The van der Waals surface area contributed by atoms with Gasteiger partial charge in [-0.2, -0.15) is 0 Å². The number of benzene rings is 1. The fraction of sp³-hybridized carbons (Fsp3) is 0.500. The molecule has 5 heteroatoms. The van der Waals surface area contributed by atoms with Gasteiger partial charge in [-0.15, -0.1) is 11.8 Å². The van der Waals surface area contributed by atoms with E-state index in [0.717, 1.165) is 23.3 Å². The van der Waals surface area contributed by atoms with E-state index in [1.165, 1.54) is 11.8 Å². The first-order valence-corrected chi connectivity index (χ1v) is 8.08.